The van der Waals surface area contributed by atoms with Crippen LogP contribution in [-0.2, 0) is 25.7 Å². The van der Waals surface area contributed by atoms with Crippen LogP contribution in [0.15, 0.2) is 12.2 Å². The second-order valence-electron chi connectivity index (χ2n) is 3.16. The molecule has 0 aliphatic rings. The normalized spacial score (nSPS) is 13.2. The van der Waals surface area contributed by atoms with Gasteiger partial charge in [0.15, 0.2) is 0 Å². The van der Waals surface area contributed by atoms with E-state index in [-0.39, 0.29) is 5.97 Å². The Morgan fingerprint density at radius 3 is 2.35 bits per heavy atom. The van der Waals surface area contributed by atoms with Crippen LogP contribution in [0.4, 0.5) is 0 Å². The first-order valence-electron chi connectivity index (χ1n) is 5.29. The fourth-order valence-electron chi connectivity index (χ4n) is 0.904. The lowest BCUT2D eigenvalue weighted by atomic mass is 10.2. The van der Waals surface area contributed by atoms with Crippen LogP contribution in [-0.4, -0.2) is 56.5 Å². The maximum absolute atomic E-state index is 11.3. The molecule has 0 aromatic heterocycles. The third-order valence-corrected chi connectivity index (χ3v) is 6.97. The highest BCUT2D eigenvalue weighted by Crippen LogP contribution is 2.03. The van der Waals surface area contributed by atoms with Gasteiger partial charge in [-0.25, -0.2) is 4.79 Å². The Balaban J connectivity index is 3.27. The summed E-state index contributed by atoms with van der Waals surface area (Å²) in [6.07, 6.45) is 1.57. The fraction of sp³-hybridized carbons (Fsp3) is 0.500. The van der Waals surface area contributed by atoms with E-state index in [0.29, 0.717) is 12.0 Å². The molecule has 0 fully saturated rings. The quantitative estimate of drug-likeness (QED) is 0.220. The Hall–Kier alpha value is 0.134. The molecule has 6 nitrogen and oxygen atoms in total. The Morgan fingerprint density at radius 2 is 1.76 bits per heavy atom. The molecule has 17 heavy (non-hydrogen) atoms. The summed E-state index contributed by atoms with van der Waals surface area (Å²) in [4.78, 5) is 11.3. The summed E-state index contributed by atoms with van der Waals surface area (Å²) in [7, 11) is -3.23. The van der Waals surface area contributed by atoms with Gasteiger partial charge in [-0.1, -0.05) is 19.9 Å². The van der Waals surface area contributed by atoms with Gasteiger partial charge in [0.25, 0.3) is 30.0 Å². The first-order chi connectivity index (χ1) is 8.22. The smallest absolute Gasteiger partial charge is 0.360 e. The SMILES string of the molecule is C=C(CCC)C(=O)O[SiH2]O[SiH2]O[SiH2]O[SiH2]O[SiH3]. The summed E-state index contributed by atoms with van der Waals surface area (Å²) in [6.45, 7) is 5.64. The predicted molar refractivity (Wildman–Crippen MR) is 78.6 cm³/mol. The van der Waals surface area contributed by atoms with Crippen molar-refractivity contribution >= 4 is 56.5 Å². The lowest BCUT2D eigenvalue weighted by molar-refractivity contribution is -0.130. The zero-order valence-electron chi connectivity index (χ0n) is 10.4. The highest BCUT2D eigenvalue weighted by molar-refractivity contribution is 6.45. The Morgan fingerprint density at radius 1 is 1.18 bits per heavy atom. The van der Waals surface area contributed by atoms with Crippen LogP contribution >= 0.6 is 0 Å². The lowest BCUT2D eigenvalue weighted by Gasteiger charge is -2.08. The molecule has 0 saturated carbocycles. The third-order valence-electron chi connectivity index (χ3n) is 1.65. The van der Waals surface area contributed by atoms with E-state index in [4.69, 9.17) is 20.9 Å². The molecule has 0 bridgehead atoms. The Kier molecular flexibility index (Phi) is 12.7. The van der Waals surface area contributed by atoms with Gasteiger partial charge in [0.1, 0.15) is 10.5 Å². The summed E-state index contributed by atoms with van der Waals surface area (Å²) in [6, 6.07) is 0. The number of carbonyl (C=O) groups excluding carboxylic acids is 1. The molecule has 0 aliphatic carbocycles. The van der Waals surface area contributed by atoms with E-state index in [9.17, 15) is 4.79 Å². The average Bonchev–Trinajstić information content (AvgIpc) is 2.32. The fourth-order valence-corrected chi connectivity index (χ4v) is 7.60. The molecule has 0 radical (unpaired) electrons. The number of hydrogen-bond acceptors (Lipinski definition) is 6. The molecule has 0 saturated heterocycles. The van der Waals surface area contributed by atoms with E-state index in [0.717, 1.165) is 16.9 Å². The molecule has 0 unspecified atom stereocenters. The van der Waals surface area contributed by atoms with Crippen LogP contribution in [0.2, 0.25) is 0 Å². The molecule has 0 heterocycles. The first-order valence-corrected chi connectivity index (χ1v) is 10.7. The molecule has 0 aromatic carbocycles. The summed E-state index contributed by atoms with van der Waals surface area (Å²) < 4.78 is 25.6. The van der Waals surface area contributed by atoms with Crippen LogP contribution in [0.1, 0.15) is 19.8 Å². The van der Waals surface area contributed by atoms with E-state index in [1.165, 1.54) is 0 Å². The monoisotopic (exact) mass is 328 g/mol. The number of hydrogen-bond donors (Lipinski definition) is 0. The van der Waals surface area contributed by atoms with Crippen LogP contribution in [0.5, 0.6) is 0 Å². The number of rotatable bonds is 11. The van der Waals surface area contributed by atoms with Crippen molar-refractivity contribution in [1.29, 1.82) is 0 Å². The van der Waals surface area contributed by atoms with Gasteiger partial charge in [0, 0.05) is 5.57 Å². The standard InChI is InChI=1S/C6H20O6Si5/c1-3-4-5(2)6(7)8-14-10-16-12-17-11-15-9-13/h2-4,14-17H2,1,13H3. The molecule has 0 aliphatic heterocycles. The zero-order valence-corrected chi connectivity index (χ0v) is 18.1. The van der Waals surface area contributed by atoms with Crippen molar-refractivity contribution in [3.63, 3.8) is 0 Å². The summed E-state index contributed by atoms with van der Waals surface area (Å²) in [5.41, 5.74) is 0.513. The lowest BCUT2D eigenvalue weighted by Crippen LogP contribution is -2.19. The van der Waals surface area contributed by atoms with Gasteiger partial charge < -0.3 is 20.9 Å². The molecule has 0 amide bonds. The van der Waals surface area contributed by atoms with Gasteiger partial charge in [-0.3, -0.25) is 0 Å². The highest BCUT2D eigenvalue weighted by atomic mass is 28.4. The molecule has 11 heteroatoms. The summed E-state index contributed by atoms with van der Waals surface area (Å²) >= 11 is 0. The topological polar surface area (TPSA) is 63.2 Å². The van der Waals surface area contributed by atoms with Crippen molar-refractivity contribution in [3.05, 3.63) is 12.2 Å². The van der Waals surface area contributed by atoms with Crippen LogP contribution in [0.3, 0.4) is 0 Å². The van der Waals surface area contributed by atoms with Crippen molar-refractivity contribution in [3.8, 4) is 0 Å². The van der Waals surface area contributed by atoms with Crippen molar-refractivity contribution in [2.75, 3.05) is 0 Å². The maximum Gasteiger partial charge on any atom is 0.360 e. The van der Waals surface area contributed by atoms with Gasteiger partial charge in [0.2, 0.25) is 0 Å². The maximum atomic E-state index is 11.3. The second kappa shape index (κ2) is 12.6. The summed E-state index contributed by atoms with van der Waals surface area (Å²) in [5.74, 6) is -0.335. The van der Waals surface area contributed by atoms with E-state index < -0.39 is 40.0 Å². The molecule has 0 rings (SSSR count). The van der Waals surface area contributed by atoms with Gasteiger partial charge >= 0.3 is 16.0 Å². The zero-order chi connectivity index (χ0) is 12.9. The molecular formula is C6H20O6Si5. The van der Waals surface area contributed by atoms with E-state index in [1.54, 1.807) is 0 Å². The van der Waals surface area contributed by atoms with Crippen molar-refractivity contribution in [2.24, 2.45) is 0 Å². The Bertz CT molecular complexity index is 227. The molecule has 100 valence electrons. The molecule has 0 spiro atoms. The van der Waals surface area contributed by atoms with Crippen LogP contribution in [0.25, 0.3) is 0 Å². The van der Waals surface area contributed by atoms with Gasteiger partial charge in [-0.15, -0.1) is 0 Å². The van der Waals surface area contributed by atoms with E-state index >= 15 is 0 Å². The largest absolute Gasteiger partial charge is 0.497 e. The van der Waals surface area contributed by atoms with E-state index in [2.05, 4.69) is 6.58 Å². The second-order valence-corrected chi connectivity index (χ2v) is 11.6. The van der Waals surface area contributed by atoms with Crippen LogP contribution in [0, 0.1) is 0 Å². The van der Waals surface area contributed by atoms with Crippen molar-refractivity contribution < 1.29 is 25.7 Å². The van der Waals surface area contributed by atoms with Gasteiger partial charge in [0.05, 0.1) is 0 Å². The minimum absolute atomic E-state index is 0.335. The van der Waals surface area contributed by atoms with Gasteiger partial charge in [-0.2, -0.15) is 0 Å². The minimum atomic E-state index is -1.26. The first kappa shape index (κ1) is 17.1. The van der Waals surface area contributed by atoms with Crippen molar-refractivity contribution in [2.45, 2.75) is 19.8 Å². The summed E-state index contributed by atoms with van der Waals surface area (Å²) in [5, 5.41) is 0. The number of carbonyl (C=O) groups is 1. The third kappa shape index (κ3) is 11.0. The van der Waals surface area contributed by atoms with Crippen LogP contribution < -0.4 is 0 Å². The molecule has 0 atom stereocenters. The van der Waals surface area contributed by atoms with E-state index in [1.807, 2.05) is 6.92 Å². The van der Waals surface area contributed by atoms with Gasteiger partial charge in [-0.05, 0) is 6.42 Å². The Labute approximate surface area is 114 Å². The molecular weight excluding hydrogens is 308 g/mol. The highest BCUT2D eigenvalue weighted by Gasteiger charge is 2.06. The average molecular weight is 329 g/mol. The van der Waals surface area contributed by atoms with Crippen molar-refractivity contribution in [1.82, 2.24) is 0 Å². The molecule has 0 N–H and O–H groups in total. The molecule has 0 aromatic rings. The minimum Gasteiger partial charge on any atom is -0.497 e. The predicted octanol–water partition coefficient (Wildman–Crippen LogP) is -3.77.